The zero-order chi connectivity index (χ0) is 20.2. The lowest BCUT2D eigenvalue weighted by atomic mass is 10.1. The largest absolute Gasteiger partial charge is 0.497 e. The number of anilines is 1. The fourth-order valence-corrected chi connectivity index (χ4v) is 3.08. The monoisotopic (exact) mass is 391 g/mol. The van der Waals surface area contributed by atoms with Gasteiger partial charge in [-0.25, -0.2) is 14.6 Å². The van der Waals surface area contributed by atoms with E-state index in [2.05, 4.69) is 20.4 Å². The number of aliphatic hydroxyl groups excluding tert-OH is 1. The Balaban J connectivity index is 1.57. The highest BCUT2D eigenvalue weighted by Crippen LogP contribution is 2.27. The summed E-state index contributed by atoms with van der Waals surface area (Å²) >= 11 is 0. The molecule has 2 N–H and O–H groups in total. The molecule has 8 nitrogen and oxygen atoms in total. The summed E-state index contributed by atoms with van der Waals surface area (Å²) in [6, 6.07) is 15.1. The number of para-hydroxylation sites is 1. The standard InChI is InChI=1S/C21H21N5O3/c1-28-16-8-14(9-17(10-16)29-2)19(27)12-22-20-18-11-25-26(21(18)24-13-23-20)15-6-4-3-5-7-15/h3-11,13,19,27H,12H2,1-2H3,(H,22,23,24). The predicted octanol–water partition coefficient (Wildman–Crippen LogP) is 2.98. The molecule has 0 fully saturated rings. The second kappa shape index (κ2) is 8.15. The molecule has 0 saturated carbocycles. The molecule has 0 amide bonds. The number of aromatic nitrogens is 4. The summed E-state index contributed by atoms with van der Waals surface area (Å²) < 4.78 is 12.3. The Hall–Kier alpha value is -3.65. The Kier molecular flexibility index (Phi) is 5.26. The van der Waals surface area contributed by atoms with E-state index >= 15 is 0 Å². The minimum atomic E-state index is -0.784. The Morgan fingerprint density at radius 1 is 1.03 bits per heavy atom. The molecule has 2 heterocycles. The topological polar surface area (TPSA) is 94.3 Å². The fraction of sp³-hybridized carbons (Fsp3) is 0.190. The van der Waals surface area contributed by atoms with Crippen molar-refractivity contribution in [2.75, 3.05) is 26.1 Å². The first-order chi connectivity index (χ1) is 14.2. The number of methoxy groups -OCH3 is 2. The van der Waals surface area contributed by atoms with Crippen molar-refractivity contribution in [1.29, 1.82) is 0 Å². The third kappa shape index (κ3) is 3.83. The molecule has 0 aliphatic rings. The maximum atomic E-state index is 10.6. The van der Waals surface area contributed by atoms with Crippen LogP contribution in [0.1, 0.15) is 11.7 Å². The molecule has 0 aliphatic heterocycles. The van der Waals surface area contributed by atoms with Crippen LogP contribution in [0.15, 0.2) is 61.1 Å². The first-order valence-electron chi connectivity index (χ1n) is 9.08. The van der Waals surface area contributed by atoms with Crippen LogP contribution in [0.5, 0.6) is 11.5 Å². The number of hydrogen-bond donors (Lipinski definition) is 2. The number of ether oxygens (including phenoxy) is 2. The summed E-state index contributed by atoms with van der Waals surface area (Å²) in [5, 5.41) is 19.0. The van der Waals surface area contributed by atoms with Crippen LogP contribution < -0.4 is 14.8 Å². The van der Waals surface area contributed by atoms with Crippen molar-refractivity contribution in [2.24, 2.45) is 0 Å². The van der Waals surface area contributed by atoms with E-state index in [0.29, 0.717) is 28.5 Å². The molecule has 1 unspecified atom stereocenters. The van der Waals surface area contributed by atoms with Gasteiger partial charge in [0.2, 0.25) is 0 Å². The Morgan fingerprint density at radius 3 is 2.45 bits per heavy atom. The normalized spacial score (nSPS) is 12.0. The minimum absolute atomic E-state index is 0.249. The van der Waals surface area contributed by atoms with E-state index < -0.39 is 6.10 Å². The molecule has 0 aliphatic carbocycles. The number of nitrogens with zero attached hydrogens (tertiary/aromatic N) is 4. The van der Waals surface area contributed by atoms with E-state index in [0.717, 1.165) is 11.1 Å². The molecule has 29 heavy (non-hydrogen) atoms. The van der Waals surface area contributed by atoms with Crippen LogP contribution in [0, 0.1) is 0 Å². The highest BCUT2D eigenvalue weighted by Gasteiger charge is 2.14. The minimum Gasteiger partial charge on any atom is -0.497 e. The average Bonchev–Trinajstić information content (AvgIpc) is 3.22. The van der Waals surface area contributed by atoms with Gasteiger partial charge in [0.05, 0.1) is 37.6 Å². The average molecular weight is 391 g/mol. The van der Waals surface area contributed by atoms with Gasteiger partial charge in [-0.1, -0.05) is 18.2 Å². The van der Waals surface area contributed by atoms with Crippen LogP contribution in [0.2, 0.25) is 0 Å². The maximum absolute atomic E-state index is 10.6. The van der Waals surface area contributed by atoms with Crippen molar-refractivity contribution in [3.63, 3.8) is 0 Å². The molecule has 0 bridgehead atoms. The van der Waals surface area contributed by atoms with Crippen LogP contribution in [0.3, 0.4) is 0 Å². The lowest BCUT2D eigenvalue weighted by molar-refractivity contribution is 0.190. The van der Waals surface area contributed by atoms with Gasteiger partial charge < -0.3 is 19.9 Å². The fourth-order valence-electron chi connectivity index (χ4n) is 3.08. The maximum Gasteiger partial charge on any atom is 0.168 e. The summed E-state index contributed by atoms with van der Waals surface area (Å²) in [5.74, 6) is 1.84. The van der Waals surface area contributed by atoms with Crippen LogP contribution in [-0.2, 0) is 0 Å². The SMILES string of the molecule is COc1cc(OC)cc(C(O)CNc2ncnc3c2cnn3-c2ccccc2)c1. The van der Waals surface area contributed by atoms with Crippen molar-refractivity contribution < 1.29 is 14.6 Å². The van der Waals surface area contributed by atoms with Gasteiger partial charge in [-0.3, -0.25) is 0 Å². The van der Waals surface area contributed by atoms with Crippen LogP contribution >= 0.6 is 0 Å². The summed E-state index contributed by atoms with van der Waals surface area (Å²) in [5.41, 5.74) is 2.28. The Bertz CT molecular complexity index is 1090. The number of hydrogen-bond acceptors (Lipinski definition) is 7. The third-order valence-corrected chi connectivity index (χ3v) is 4.59. The van der Waals surface area contributed by atoms with Crippen LogP contribution in [-0.4, -0.2) is 45.6 Å². The number of fused-ring (bicyclic) bond motifs is 1. The van der Waals surface area contributed by atoms with Gasteiger partial charge in [0, 0.05) is 12.6 Å². The number of benzene rings is 2. The van der Waals surface area contributed by atoms with E-state index in [9.17, 15) is 5.11 Å². The molecule has 0 radical (unpaired) electrons. The predicted molar refractivity (Wildman–Crippen MR) is 110 cm³/mol. The summed E-state index contributed by atoms with van der Waals surface area (Å²) in [6.45, 7) is 0.249. The highest BCUT2D eigenvalue weighted by molar-refractivity contribution is 5.87. The molecule has 148 valence electrons. The molecule has 2 aromatic heterocycles. The van der Waals surface area contributed by atoms with E-state index in [4.69, 9.17) is 9.47 Å². The smallest absolute Gasteiger partial charge is 0.168 e. The van der Waals surface area contributed by atoms with Gasteiger partial charge in [0.25, 0.3) is 0 Å². The van der Waals surface area contributed by atoms with Crippen molar-refractivity contribution in [2.45, 2.75) is 6.10 Å². The van der Waals surface area contributed by atoms with Gasteiger partial charge in [0.1, 0.15) is 23.6 Å². The first kappa shape index (κ1) is 18.7. The highest BCUT2D eigenvalue weighted by atomic mass is 16.5. The van der Waals surface area contributed by atoms with Crippen LogP contribution in [0.25, 0.3) is 16.7 Å². The van der Waals surface area contributed by atoms with Gasteiger partial charge in [0.15, 0.2) is 5.65 Å². The molecule has 4 rings (SSSR count). The van der Waals surface area contributed by atoms with Crippen molar-refractivity contribution in [3.05, 3.63) is 66.6 Å². The van der Waals surface area contributed by atoms with Gasteiger partial charge in [-0.15, -0.1) is 0 Å². The Morgan fingerprint density at radius 2 is 1.76 bits per heavy atom. The summed E-state index contributed by atoms with van der Waals surface area (Å²) in [4.78, 5) is 8.67. The van der Waals surface area contributed by atoms with E-state index in [1.54, 1.807) is 43.3 Å². The van der Waals surface area contributed by atoms with Gasteiger partial charge in [-0.05, 0) is 29.8 Å². The lowest BCUT2D eigenvalue weighted by Crippen LogP contribution is -2.13. The third-order valence-electron chi connectivity index (χ3n) is 4.59. The second-order valence-electron chi connectivity index (χ2n) is 6.39. The van der Waals surface area contributed by atoms with E-state index in [1.807, 2.05) is 30.3 Å². The van der Waals surface area contributed by atoms with Crippen LogP contribution in [0.4, 0.5) is 5.82 Å². The number of rotatable bonds is 7. The van der Waals surface area contributed by atoms with Crippen molar-refractivity contribution in [1.82, 2.24) is 19.7 Å². The van der Waals surface area contributed by atoms with Crippen molar-refractivity contribution in [3.8, 4) is 17.2 Å². The first-order valence-corrected chi connectivity index (χ1v) is 9.08. The molecule has 2 aromatic carbocycles. The molecular formula is C21H21N5O3. The summed E-state index contributed by atoms with van der Waals surface area (Å²) in [6.07, 6.45) is 2.41. The molecule has 8 heteroatoms. The molecule has 1 atom stereocenters. The Labute approximate surface area is 167 Å². The molecule has 4 aromatic rings. The zero-order valence-electron chi connectivity index (χ0n) is 16.1. The molecular weight excluding hydrogens is 370 g/mol. The summed E-state index contributed by atoms with van der Waals surface area (Å²) in [7, 11) is 3.15. The second-order valence-corrected chi connectivity index (χ2v) is 6.39. The quantitative estimate of drug-likeness (QED) is 0.500. The lowest BCUT2D eigenvalue weighted by Gasteiger charge is -2.15. The molecule has 0 saturated heterocycles. The number of aliphatic hydroxyl groups is 1. The number of nitrogens with one attached hydrogen (secondary N) is 1. The van der Waals surface area contributed by atoms with E-state index in [-0.39, 0.29) is 6.54 Å². The van der Waals surface area contributed by atoms with Gasteiger partial charge >= 0.3 is 0 Å². The van der Waals surface area contributed by atoms with Crippen molar-refractivity contribution >= 4 is 16.9 Å². The van der Waals surface area contributed by atoms with E-state index in [1.165, 1.54) is 6.33 Å². The molecule has 0 spiro atoms. The van der Waals surface area contributed by atoms with Gasteiger partial charge in [-0.2, -0.15) is 5.10 Å². The zero-order valence-corrected chi connectivity index (χ0v) is 16.1.